The average Bonchev–Trinajstić information content (AvgIpc) is 2.95. The fourth-order valence-corrected chi connectivity index (χ4v) is 2.53. The predicted octanol–water partition coefficient (Wildman–Crippen LogP) is 4.68. The number of rotatable bonds is 5. The van der Waals surface area contributed by atoms with Crippen molar-refractivity contribution < 1.29 is 9.18 Å². The number of carbonyl (C=O) groups is 1. The Hall–Kier alpha value is -2.92. The van der Waals surface area contributed by atoms with Crippen LogP contribution in [0.5, 0.6) is 0 Å². The molecular weight excluding hydrogens is 353 g/mol. The van der Waals surface area contributed by atoms with Gasteiger partial charge in [0, 0.05) is 22.9 Å². The van der Waals surface area contributed by atoms with E-state index in [1.807, 2.05) is 35.9 Å². The maximum absolute atomic E-state index is 12.9. The second kappa shape index (κ2) is 7.97. The minimum atomic E-state index is -0.312. The fourth-order valence-electron chi connectivity index (χ4n) is 2.41. The third-order valence-corrected chi connectivity index (χ3v) is 4.03. The van der Waals surface area contributed by atoms with E-state index >= 15 is 0 Å². The second-order valence-corrected chi connectivity index (χ2v) is 6.27. The lowest BCUT2D eigenvalue weighted by atomic mass is 10.2. The van der Waals surface area contributed by atoms with E-state index in [4.69, 9.17) is 11.6 Å². The van der Waals surface area contributed by atoms with Gasteiger partial charge >= 0.3 is 0 Å². The number of carbonyl (C=O) groups excluding carboxylic acids is 1. The molecule has 1 heterocycles. The molecule has 0 fully saturated rings. The molecule has 0 spiro atoms. The first-order valence-electron chi connectivity index (χ1n) is 8.03. The van der Waals surface area contributed by atoms with E-state index < -0.39 is 0 Å². The highest BCUT2D eigenvalue weighted by Gasteiger charge is 2.07. The number of benzene rings is 2. The molecule has 0 atom stereocenters. The highest BCUT2D eigenvalue weighted by molar-refractivity contribution is 6.30. The molecule has 3 rings (SSSR count). The van der Waals surface area contributed by atoms with Crippen molar-refractivity contribution in [3.05, 3.63) is 88.3 Å². The lowest BCUT2D eigenvalue weighted by Crippen LogP contribution is -2.09. The van der Waals surface area contributed by atoms with E-state index in [0.717, 1.165) is 16.8 Å². The van der Waals surface area contributed by atoms with Crippen LogP contribution in [0.25, 0.3) is 6.08 Å². The summed E-state index contributed by atoms with van der Waals surface area (Å²) in [5.74, 6) is -0.135. The van der Waals surface area contributed by atoms with Crippen LogP contribution in [0.4, 0.5) is 10.2 Å². The van der Waals surface area contributed by atoms with Crippen LogP contribution in [-0.2, 0) is 11.3 Å². The molecule has 4 nitrogen and oxygen atoms in total. The predicted molar refractivity (Wildman–Crippen MR) is 102 cm³/mol. The number of halogens is 2. The lowest BCUT2D eigenvalue weighted by Gasteiger charge is -2.04. The first-order valence-corrected chi connectivity index (χ1v) is 8.41. The van der Waals surface area contributed by atoms with Crippen molar-refractivity contribution >= 4 is 29.4 Å². The van der Waals surface area contributed by atoms with E-state index in [0.29, 0.717) is 17.4 Å². The Morgan fingerprint density at radius 1 is 1.19 bits per heavy atom. The maximum atomic E-state index is 12.9. The van der Waals surface area contributed by atoms with Gasteiger partial charge < -0.3 is 5.32 Å². The minimum absolute atomic E-state index is 0.300. The Kier molecular flexibility index (Phi) is 5.49. The zero-order chi connectivity index (χ0) is 18.5. The lowest BCUT2D eigenvalue weighted by molar-refractivity contribution is -0.111. The molecule has 0 radical (unpaired) electrons. The molecule has 0 aliphatic rings. The van der Waals surface area contributed by atoms with Gasteiger partial charge in [0.25, 0.3) is 0 Å². The highest BCUT2D eigenvalue weighted by Crippen LogP contribution is 2.14. The van der Waals surface area contributed by atoms with Crippen molar-refractivity contribution in [2.24, 2.45) is 0 Å². The summed E-state index contributed by atoms with van der Waals surface area (Å²) in [5, 5.41) is 7.82. The zero-order valence-corrected chi connectivity index (χ0v) is 14.9. The van der Waals surface area contributed by atoms with Gasteiger partial charge in [0.15, 0.2) is 5.82 Å². The fraction of sp³-hybridized carbons (Fsp3) is 0.100. The van der Waals surface area contributed by atoms with Crippen LogP contribution < -0.4 is 5.32 Å². The third kappa shape index (κ3) is 4.80. The van der Waals surface area contributed by atoms with Gasteiger partial charge in [0.1, 0.15) is 5.82 Å². The number of hydrogen-bond acceptors (Lipinski definition) is 2. The van der Waals surface area contributed by atoms with Gasteiger partial charge in [-0.15, -0.1) is 0 Å². The highest BCUT2D eigenvalue weighted by atomic mass is 35.5. The summed E-state index contributed by atoms with van der Waals surface area (Å²) in [6, 6.07) is 15.2. The molecule has 132 valence electrons. The molecule has 0 aliphatic heterocycles. The summed E-state index contributed by atoms with van der Waals surface area (Å²) < 4.78 is 14.7. The molecular formula is C20H17ClFN3O. The van der Waals surface area contributed by atoms with Crippen LogP contribution in [0.1, 0.15) is 16.8 Å². The zero-order valence-electron chi connectivity index (χ0n) is 14.1. The Labute approximate surface area is 155 Å². The van der Waals surface area contributed by atoms with Crippen molar-refractivity contribution in [2.45, 2.75) is 13.5 Å². The summed E-state index contributed by atoms with van der Waals surface area (Å²) in [6.45, 7) is 2.51. The summed E-state index contributed by atoms with van der Waals surface area (Å²) in [6.07, 6.45) is 3.01. The first kappa shape index (κ1) is 17.9. The second-order valence-electron chi connectivity index (χ2n) is 5.83. The van der Waals surface area contributed by atoms with Gasteiger partial charge in [0.2, 0.25) is 5.91 Å². The number of amides is 1. The quantitative estimate of drug-likeness (QED) is 0.663. The van der Waals surface area contributed by atoms with E-state index in [1.165, 1.54) is 18.2 Å². The number of nitrogens with one attached hydrogen (secondary N) is 1. The molecule has 6 heteroatoms. The van der Waals surface area contributed by atoms with Crippen molar-refractivity contribution in [3.63, 3.8) is 0 Å². The van der Waals surface area contributed by atoms with Gasteiger partial charge in [-0.3, -0.25) is 9.48 Å². The number of nitrogens with zero attached hydrogens (tertiary/aromatic N) is 2. The van der Waals surface area contributed by atoms with Crippen molar-refractivity contribution in [3.8, 4) is 0 Å². The Balaban J connectivity index is 1.63. The average molecular weight is 370 g/mol. The van der Waals surface area contributed by atoms with E-state index in [9.17, 15) is 9.18 Å². The van der Waals surface area contributed by atoms with Gasteiger partial charge in [-0.05, 0) is 48.4 Å². The number of hydrogen-bond donors (Lipinski definition) is 1. The number of aromatic nitrogens is 2. The van der Waals surface area contributed by atoms with Gasteiger partial charge in [0.05, 0.1) is 6.54 Å². The topological polar surface area (TPSA) is 46.9 Å². The van der Waals surface area contributed by atoms with E-state index in [2.05, 4.69) is 10.4 Å². The Bertz CT molecular complexity index is 931. The normalized spacial score (nSPS) is 11.0. The monoisotopic (exact) mass is 369 g/mol. The standard InChI is InChI=1S/C20H17ClFN3O/c1-14-12-19(24-25(14)13-16-2-7-17(21)8-3-16)23-20(26)11-6-15-4-9-18(22)10-5-15/h2-12H,13H2,1H3,(H,23,24,26)/b11-6+. The van der Waals surface area contributed by atoms with Crippen molar-refractivity contribution in [2.75, 3.05) is 5.32 Å². The molecule has 1 N–H and O–H groups in total. The summed E-state index contributed by atoms with van der Waals surface area (Å²) >= 11 is 5.89. The van der Waals surface area contributed by atoms with Crippen molar-refractivity contribution in [1.82, 2.24) is 9.78 Å². The van der Waals surface area contributed by atoms with Crippen LogP contribution in [0.3, 0.4) is 0 Å². The largest absolute Gasteiger partial charge is 0.306 e. The first-order chi connectivity index (χ1) is 12.5. The van der Waals surface area contributed by atoms with Gasteiger partial charge in [-0.1, -0.05) is 35.9 Å². The third-order valence-electron chi connectivity index (χ3n) is 3.78. The van der Waals surface area contributed by atoms with Crippen LogP contribution >= 0.6 is 11.6 Å². The summed E-state index contributed by atoms with van der Waals surface area (Å²) in [5.41, 5.74) is 2.73. The van der Waals surface area contributed by atoms with Gasteiger partial charge in [-0.25, -0.2) is 4.39 Å². The van der Waals surface area contributed by atoms with Crippen molar-refractivity contribution in [1.29, 1.82) is 0 Å². The maximum Gasteiger partial charge on any atom is 0.249 e. The molecule has 26 heavy (non-hydrogen) atoms. The molecule has 1 amide bonds. The minimum Gasteiger partial charge on any atom is -0.306 e. The molecule has 0 saturated carbocycles. The summed E-state index contributed by atoms with van der Waals surface area (Å²) in [7, 11) is 0. The van der Waals surface area contributed by atoms with Crippen LogP contribution in [0.15, 0.2) is 60.7 Å². The van der Waals surface area contributed by atoms with E-state index in [-0.39, 0.29) is 11.7 Å². The van der Waals surface area contributed by atoms with Crippen LogP contribution in [0, 0.1) is 12.7 Å². The van der Waals surface area contributed by atoms with E-state index in [1.54, 1.807) is 24.3 Å². The smallest absolute Gasteiger partial charge is 0.249 e. The Morgan fingerprint density at radius 2 is 1.88 bits per heavy atom. The molecule has 0 saturated heterocycles. The number of anilines is 1. The molecule has 1 aromatic heterocycles. The Morgan fingerprint density at radius 3 is 2.58 bits per heavy atom. The molecule has 0 unspecified atom stereocenters. The summed E-state index contributed by atoms with van der Waals surface area (Å²) in [4.78, 5) is 12.0. The van der Waals surface area contributed by atoms with Crippen LogP contribution in [-0.4, -0.2) is 15.7 Å². The number of aryl methyl sites for hydroxylation is 1. The van der Waals surface area contributed by atoms with Gasteiger partial charge in [-0.2, -0.15) is 5.10 Å². The molecule has 3 aromatic rings. The molecule has 2 aromatic carbocycles. The molecule has 0 aliphatic carbocycles. The molecule has 0 bridgehead atoms. The SMILES string of the molecule is Cc1cc(NC(=O)/C=C/c2ccc(F)cc2)nn1Cc1ccc(Cl)cc1. The van der Waals surface area contributed by atoms with Crippen LogP contribution in [0.2, 0.25) is 5.02 Å².